The number of piperidine rings is 1. The van der Waals surface area contributed by atoms with Gasteiger partial charge in [-0.1, -0.05) is 6.07 Å². The molecule has 0 spiro atoms. The minimum Gasteiger partial charge on any atom is -0.398 e. The first-order valence-electron chi connectivity index (χ1n) is 13.3. The molecule has 1 aromatic carbocycles. The monoisotopic (exact) mass is 512 g/mol. The second-order valence-corrected chi connectivity index (χ2v) is 10.2. The van der Waals surface area contributed by atoms with Crippen molar-refractivity contribution in [3.63, 3.8) is 0 Å². The van der Waals surface area contributed by atoms with Crippen LogP contribution in [0.15, 0.2) is 55.0 Å². The number of amides is 1. The molecule has 0 bridgehead atoms. The van der Waals surface area contributed by atoms with E-state index in [9.17, 15) is 4.79 Å². The third kappa shape index (κ3) is 6.17. The van der Waals surface area contributed by atoms with Crippen LogP contribution < -0.4 is 16.0 Å². The van der Waals surface area contributed by atoms with Crippen molar-refractivity contribution in [3.05, 3.63) is 66.2 Å². The molecule has 9 heteroatoms. The van der Waals surface area contributed by atoms with Gasteiger partial charge in [0, 0.05) is 68.8 Å². The number of piperazine rings is 1. The minimum absolute atomic E-state index is 0.189. The van der Waals surface area contributed by atoms with Gasteiger partial charge in [0.25, 0.3) is 5.91 Å². The highest BCUT2D eigenvalue weighted by molar-refractivity contribution is 6.48. The Hall–Kier alpha value is -3.82. The maximum absolute atomic E-state index is 13.0. The summed E-state index contributed by atoms with van der Waals surface area (Å²) in [5.74, 6) is -0.525. The summed E-state index contributed by atoms with van der Waals surface area (Å²) in [4.78, 5) is 29.0. The molecule has 0 aliphatic carbocycles. The summed E-state index contributed by atoms with van der Waals surface area (Å²) in [5, 5.41) is 11.4. The Kier molecular flexibility index (Phi) is 7.95. The van der Waals surface area contributed by atoms with Crippen molar-refractivity contribution in [3.8, 4) is 11.1 Å². The van der Waals surface area contributed by atoms with Gasteiger partial charge in [0.15, 0.2) is 0 Å². The number of anilines is 3. The Bertz CT molecular complexity index is 1280. The number of likely N-dealkylation sites (N-methyl/N-ethyl adjacent to an activating group) is 1. The van der Waals surface area contributed by atoms with E-state index in [2.05, 4.69) is 43.1 Å². The van der Waals surface area contributed by atoms with Crippen molar-refractivity contribution in [1.29, 1.82) is 5.41 Å². The van der Waals surface area contributed by atoms with Gasteiger partial charge >= 0.3 is 0 Å². The Labute approximate surface area is 224 Å². The molecule has 0 unspecified atom stereocenters. The fraction of sp³-hybridized carbons (Fsp3) is 0.379. The second-order valence-electron chi connectivity index (χ2n) is 10.2. The first kappa shape index (κ1) is 25.8. The number of carbonyl (C=O) groups is 1. The van der Waals surface area contributed by atoms with Crippen LogP contribution in [0.4, 0.5) is 17.1 Å². The molecule has 2 aromatic heterocycles. The lowest BCUT2D eigenvalue weighted by Gasteiger charge is -2.32. The lowest BCUT2D eigenvalue weighted by atomic mass is 9.99. The summed E-state index contributed by atoms with van der Waals surface area (Å²) in [5.41, 5.74) is 11.2. The number of hydrogen-bond acceptors (Lipinski definition) is 8. The van der Waals surface area contributed by atoms with E-state index in [-0.39, 0.29) is 5.71 Å². The highest BCUT2D eigenvalue weighted by Crippen LogP contribution is 2.28. The summed E-state index contributed by atoms with van der Waals surface area (Å²) in [6.45, 7) is 7.01. The van der Waals surface area contributed by atoms with Gasteiger partial charge in [0.2, 0.25) is 0 Å². The maximum Gasteiger partial charge on any atom is 0.274 e. The molecular weight excluding hydrogens is 476 g/mol. The lowest BCUT2D eigenvalue weighted by molar-refractivity contribution is -0.110. The van der Waals surface area contributed by atoms with E-state index in [1.807, 2.05) is 30.6 Å². The minimum atomic E-state index is -0.525. The largest absolute Gasteiger partial charge is 0.398 e. The number of carbonyl (C=O) groups excluding carboxylic acids is 1. The quantitative estimate of drug-likeness (QED) is 0.328. The van der Waals surface area contributed by atoms with E-state index >= 15 is 0 Å². The molecule has 0 atom stereocenters. The van der Waals surface area contributed by atoms with Crippen molar-refractivity contribution in [2.24, 2.45) is 0 Å². The van der Waals surface area contributed by atoms with Gasteiger partial charge in [-0.15, -0.1) is 0 Å². The number of nitrogen functional groups attached to an aromatic ring is 1. The smallest absolute Gasteiger partial charge is 0.274 e. The van der Waals surface area contributed by atoms with Crippen molar-refractivity contribution >= 4 is 28.7 Å². The topological polar surface area (TPSA) is 114 Å². The van der Waals surface area contributed by atoms with Crippen LogP contribution in [-0.4, -0.2) is 77.7 Å². The SMILES string of the molecule is CN1CCN(Cc2ccc(NC(=O)C(=N)c3cc(-c4cncc(N5CCCCC5)c4)ccc3N)cn2)CC1. The normalized spacial score (nSPS) is 16.8. The zero-order valence-corrected chi connectivity index (χ0v) is 22.0. The van der Waals surface area contributed by atoms with E-state index in [1.165, 1.54) is 19.3 Å². The van der Waals surface area contributed by atoms with Gasteiger partial charge in [0.1, 0.15) is 5.71 Å². The van der Waals surface area contributed by atoms with Crippen LogP contribution in [0.1, 0.15) is 30.5 Å². The molecule has 0 radical (unpaired) electrons. The predicted molar refractivity (Wildman–Crippen MR) is 153 cm³/mol. The lowest BCUT2D eigenvalue weighted by Crippen LogP contribution is -2.44. The average molecular weight is 513 g/mol. The summed E-state index contributed by atoms with van der Waals surface area (Å²) < 4.78 is 0. The van der Waals surface area contributed by atoms with Gasteiger partial charge in [0.05, 0.1) is 29.5 Å². The van der Waals surface area contributed by atoms with Crippen molar-refractivity contribution < 1.29 is 4.79 Å². The van der Waals surface area contributed by atoms with Gasteiger partial charge in [-0.25, -0.2) is 0 Å². The molecule has 9 nitrogen and oxygen atoms in total. The molecule has 2 fully saturated rings. The highest BCUT2D eigenvalue weighted by atomic mass is 16.1. The first-order valence-corrected chi connectivity index (χ1v) is 13.3. The van der Waals surface area contributed by atoms with Gasteiger partial charge in [-0.2, -0.15) is 0 Å². The molecule has 5 rings (SSSR count). The number of aromatic nitrogens is 2. The van der Waals surface area contributed by atoms with Crippen LogP contribution >= 0.6 is 0 Å². The van der Waals surface area contributed by atoms with E-state index in [4.69, 9.17) is 11.1 Å². The van der Waals surface area contributed by atoms with Crippen molar-refractivity contribution in [2.75, 3.05) is 62.3 Å². The fourth-order valence-corrected chi connectivity index (χ4v) is 5.01. The first-order chi connectivity index (χ1) is 18.5. The van der Waals surface area contributed by atoms with Crippen LogP contribution in [0.25, 0.3) is 11.1 Å². The average Bonchev–Trinajstić information content (AvgIpc) is 2.96. The predicted octanol–water partition coefficient (Wildman–Crippen LogP) is 3.47. The molecule has 1 amide bonds. The summed E-state index contributed by atoms with van der Waals surface area (Å²) >= 11 is 0. The van der Waals surface area contributed by atoms with Crippen LogP contribution in [0.3, 0.4) is 0 Å². The second kappa shape index (κ2) is 11.7. The summed E-state index contributed by atoms with van der Waals surface area (Å²) in [7, 11) is 2.14. The standard InChI is InChI=1S/C29H36N8O/c1-35-11-13-36(14-12-35)20-24-7-6-23(18-33-24)34-29(38)28(31)26-16-21(5-8-27(26)30)22-15-25(19-32-17-22)37-9-3-2-4-10-37/h5-8,15-19,31H,2-4,9-14,20,30H2,1H3,(H,34,38). The molecule has 0 saturated carbocycles. The van der Waals surface area contributed by atoms with E-state index < -0.39 is 5.91 Å². The summed E-state index contributed by atoms with van der Waals surface area (Å²) in [6, 6.07) is 11.3. The molecule has 4 N–H and O–H groups in total. The van der Waals surface area contributed by atoms with Crippen LogP contribution in [0, 0.1) is 5.41 Å². The Morgan fingerprint density at radius 1 is 0.947 bits per heavy atom. The molecular formula is C29H36N8O. The van der Waals surface area contributed by atoms with Gasteiger partial charge in [-0.3, -0.25) is 25.1 Å². The molecule has 198 valence electrons. The number of rotatable bonds is 7. The third-order valence-corrected chi connectivity index (χ3v) is 7.39. The summed E-state index contributed by atoms with van der Waals surface area (Å²) in [6.07, 6.45) is 9.00. The number of nitrogens with one attached hydrogen (secondary N) is 2. The zero-order chi connectivity index (χ0) is 26.5. The Balaban J connectivity index is 1.25. The number of nitrogens with two attached hydrogens (primary N) is 1. The number of nitrogens with zero attached hydrogens (tertiary/aromatic N) is 5. The highest BCUT2D eigenvalue weighted by Gasteiger charge is 2.18. The van der Waals surface area contributed by atoms with Crippen molar-refractivity contribution in [2.45, 2.75) is 25.8 Å². The molecule has 2 aliphatic rings. The number of pyridine rings is 2. The van der Waals surface area contributed by atoms with Crippen molar-refractivity contribution in [1.82, 2.24) is 19.8 Å². The van der Waals surface area contributed by atoms with E-state index in [0.717, 1.165) is 68.3 Å². The fourth-order valence-electron chi connectivity index (χ4n) is 5.01. The van der Waals surface area contributed by atoms with Gasteiger partial charge < -0.3 is 20.9 Å². The third-order valence-electron chi connectivity index (χ3n) is 7.39. The van der Waals surface area contributed by atoms with E-state index in [1.54, 1.807) is 18.3 Å². The molecule has 2 aliphatic heterocycles. The molecule has 38 heavy (non-hydrogen) atoms. The molecule has 2 saturated heterocycles. The van der Waals surface area contributed by atoms with E-state index in [0.29, 0.717) is 16.9 Å². The zero-order valence-electron chi connectivity index (χ0n) is 22.0. The van der Waals surface area contributed by atoms with Crippen LogP contribution in [-0.2, 0) is 11.3 Å². The Morgan fingerprint density at radius 2 is 1.74 bits per heavy atom. The van der Waals surface area contributed by atoms with Gasteiger partial charge in [-0.05, 0) is 62.2 Å². The molecule has 3 aromatic rings. The van der Waals surface area contributed by atoms with Crippen LogP contribution in [0.2, 0.25) is 0 Å². The number of benzene rings is 1. The molecule has 4 heterocycles. The Morgan fingerprint density at radius 3 is 2.47 bits per heavy atom. The van der Waals surface area contributed by atoms with Crippen LogP contribution in [0.5, 0.6) is 0 Å². The maximum atomic E-state index is 13.0. The number of hydrogen-bond donors (Lipinski definition) is 3.